The summed E-state index contributed by atoms with van der Waals surface area (Å²) < 4.78 is 14.1. The van der Waals surface area contributed by atoms with E-state index in [1.807, 2.05) is 13.0 Å². The Morgan fingerprint density at radius 1 is 0.944 bits per heavy atom. The second-order valence-corrected chi connectivity index (χ2v) is 8.35. The van der Waals surface area contributed by atoms with E-state index in [0.717, 1.165) is 16.9 Å². The van der Waals surface area contributed by atoms with E-state index >= 15 is 0 Å². The van der Waals surface area contributed by atoms with Gasteiger partial charge in [0.2, 0.25) is 0 Å². The van der Waals surface area contributed by atoms with Gasteiger partial charge in [0.05, 0.1) is 30.1 Å². The maximum Gasteiger partial charge on any atom is 0.263 e. The SMILES string of the molecule is COc1ccc(OCC(=O)Nc2cc(C)nn2-c2ncnc3c2cnn3-c2ccc(C)c(C)c2)cc1. The Bertz CT molecular complexity index is 1550. The molecule has 0 unspecified atom stereocenters. The highest BCUT2D eigenvalue weighted by Crippen LogP contribution is 2.25. The molecule has 0 atom stereocenters. The van der Waals surface area contributed by atoms with E-state index in [1.165, 1.54) is 11.9 Å². The van der Waals surface area contributed by atoms with Gasteiger partial charge in [0.15, 0.2) is 18.1 Å². The molecule has 0 aliphatic carbocycles. The van der Waals surface area contributed by atoms with Gasteiger partial charge in [-0.15, -0.1) is 0 Å². The fraction of sp³-hybridized carbons (Fsp3) is 0.192. The molecule has 1 N–H and O–H groups in total. The number of methoxy groups -OCH3 is 1. The number of ether oxygens (including phenoxy) is 2. The zero-order valence-electron chi connectivity index (χ0n) is 20.4. The molecule has 5 rings (SSSR count). The third kappa shape index (κ3) is 4.48. The number of hydrogen-bond donors (Lipinski definition) is 1. The van der Waals surface area contributed by atoms with Gasteiger partial charge in [-0.05, 0) is 68.3 Å². The topological polar surface area (TPSA) is 109 Å². The van der Waals surface area contributed by atoms with Gasteiger partial charge in [-0.25, -0.2) is 14.6 Å². The van der Waals surface area contributed by atoms with Gasteiger partial charge in [-0.2, -0.15) is 14.9 Å². The quantitative estimate of drug-likeness (QED) is 0.373. The molecule has 5 aromatic rings. The normalized spacial score (nSPS) is 11.0. The molecular weight excluding hydrogens is 458 g/mol. The molecule has 182 valence electrons. The summed E-state index contributed by atoms with van der Waals surface area (Å²) in [6.07, 6.45) is 3.17. The van der Waals surface area contributed by atoms with Crippen molar-refractivity contribution in [2.45, 2.75) is 20.8 Å². The predicted molar refractivity (Wildman–Crippen MR) is 135 cm³/mol. The Labute approximate surface area is 207 Å². The molecule has 0 spiro atoms. The number of nitrogens with zero attached hydrogens (tertiary/aromatic N) is 6. The van der Waals surface area contributed by atoms with Gasteiger partial charge >= 0.3 is 0 Å². The summed E-state index contributed by atoms with van der Waals surface area (Å²) in [4.78, 5) is 21.6. The summed E-state index contributed by atoms with van der Waals surface area (Å²) in [6, 6.07) is 14.9. The molecule has 3 aromatic heterocycles. The van der Waals surface area contributed by atoms with Crippen LogP contribution in [0.2, 0.25) is 0 Å². The molecule has 10 nitrogen and oxygen atoms in total. The Morgan fingerprint density at radius 3 is 2.47 bits per heavy atom. The molecular formula is C26H25N7O3. The minimum absolute atomic E-state index is 0.166. The smallest absolute Gasteiger partial charge is 0.263 e. The van der Waals surface area contributed by atoms with Crippen LogP contribution in [0.15, 0.2) is 61.1 Å². The van der Waals surface area contributed by atoms with E-state index in [2.05, 4.69) is 51.5 Å². The van der Waals surface area contributed by atoms with E-state index in [0.29, 0.717) is 34.2 Å². The van der Waals surface area contributed by atoms with Gasteiger partial charge in [-0.1, -0.05) is 6.07 Å². The summed E-state index contributed by atoms with van der Waals surface area (Å²) in [6.45, 7) is 5.81. The van der Waals surface area contributed by atoms with E-state index in [9.17, 15) is 4.79 Å². The fourth-order valence-corrected chi connectivity index (χ4v) is 3.80. The van der Waals surface area contributed by atoms with Gasteiger partial charge in [0.25, 0.3) is 5.91 Å². The van der Waals surface area contributed by atoms with Crippen LogP contribution in [0.3, 0.4) is 0 Å². The first-order chi connectivity index (χ1) is 17.4. The number of rotatable bonds is 7. The van der Waals surface area contributed by atoms with E-state index < -0.39 is 0 Å². The second kappa shape index (κ2) is 9.49. The molecule has 0 bridgehead atoms. The lowest BCUT2D eigenvalue weighted by Gasteiger charge is -2.10. The second-order valence-electron chi connectivity index (χ2n) is 8.35. The molecule has 10 heteroatoms. The van der Waals surface area contributed by atoms with Gasteiger partial charge in [0.1, 0.15) is 23.6 Å². The lowest BCUT2D eigenvalue weighted by atomic mass is 10.1. The van der Waals surface area contributed by atoms with Crippen molar-refractivity contribution >= 4 is 22.8 Å². The van der Waals surface area contributed by atoms with E-state index in [-0.39, 0.29) is 12.5 Å². The Kier molecular flexibility index (Phi) is 6.07. The van der Waals surface area contributed by atoms with Crippen molar-refractivity contribution in [3.8, 4) is 23.0 Å². The molecule has 0 radical (unpaired) electrons. The van der Waals surface area contributed by atoms with E-state index in [4.69, 9.17) is 9.47 Å². The first-order valence-corrected chi connectivity index (χ1v) is 11.3. The zero-order valence-corrected chi connectivity index (χ0v) is 20.4. The monoisotopic (exact) mass is 483 g/mol. The summed E-state index contributed by atoms with van der Waals surface area (Å²) in [5.41, 5.74) is 4.62. The number of fused-ring (bicyclic) bond motifs is 1. The first kappa shape index (κ1) is 23.0. The van der Waals surface area contributed by atoms with Gasteiger partial charge in [-0.3, -0.25) is 4.79 Å². The van der Waals surface area contributed by atoms with Crippen molar-refractivity contribution in [1.82, 2.24) is 29.5 Å². The summed E-state index contributed by atoms with van der Waals surface area (Å²) in [7, 11) is 1.59. The minimum Gasteiger partial charge on any atom is -0.497 e. The number of aromatic nitrogens is 6. The minimum atomic E-state index is -0.330. The molecule has 0 aliphatic rings. The number of carbonyl (C=O) groups is 1. The summed E-state index contributed by atoms with van der Waals surface area (Å²) in [5.74, 6) is 1.92. The number of carbonyl (C=O) groups excluding carboxylic acids is 1. The molecule has 0 saturated heterocycles. The number of aryl methyl sites for hydroxylation is 3. The third-order valence-electron chi connectivity index (χ3n) is 5.81. The van der Waals surface area contributed by atoms with Crippen molar-refractivity contribution in [2.24, 2.45) is 0 Å². The summed E-state index contributed by atoms with van der Waals surface area (Å²) >= 11 is 0. The predicted octanol–water partition coefficient (Wildman–Crippen LogP) is 3.95. The highest BCUT2D eigenvalue weighted by molar-refractivity contribution is 5.92. The molecule has 1 amide bonds. The number of nitrogens with one attached hydrogen (secondary N) is 1. The van der Waals surface area contributed by atoms with Crippen LogP contribution < -0.4 is 14.8 Å². The van der Waals surface area contributed by atoms with Crippen molar-refractivity contribution in [2.75, 3.05) is 19.0 Å². The first-order valence-electron chi connectivity index (χ1n) is 11.3. The highest BCUT2D eigenvalue weighted by Gasteiger charge is 2.18. The Balaban J connectivity index is 1.41. The fourth-order valence-electron chi connectivity index (χ4n) is 3.80. The van der Waals surface area contributed by atoms with Crippen LogP contribution in [0.5, 0.6) is 11.5 Å². The van der Waals surface area contributed by atoms with Crippen molar-refractivity contribution in [3.05, 3.63) is 77.9 Å². The van der Waals surface area contributed by atoms with Crippen LogP contribution in [0.25, 0.3) is 22.5 Å². The van der Waals surface area contributed by atoms with Crippen LogP contribution in [-0.4, -0.2) is 49.2 Å². The molecule has 0 aliphatic heterocycles. The summed E-state index contributed by atoms with van der Waals surface area (Å²) in [5, 5.41) is 12.7. The van der Waals surface area contributed by atoms with Crippen LogP contribution in [0.4, 0.5) is 5.82 Å². The number of amides is 1. The molecule has 3 heterocycles. The highest BCUT2D eigenvalue weighted by atomic mass is 16.5. The van der Waals surface area contributed by atoms with Crippen molar-refractivity contribution < 1.29 is 14.3 Å². The average Bonchev–Trinajstić information content (AvgIpc) is 3.48. The van der Waals surface area contributed by atoms with Crippen LogP contribution in [0.1, 0.15) is 16.8 Å². The Hall–Kier alpha value is -4.73. The van der Waals surface area contributed by atoms with Crippen molar-refractivity contribution in [1.29, 1.82) is 0 Å². The lowest BCUT2D eigenvalue weighted by molar-refractivity contribution is -0.118. The molecule has 0 fully saturated rings. The van der Waals surface area contributed by atoms with Crippen LogP contribution >= 0.6 is 0 Å². The average molecular weight is 484 g/mol. The molecule has 0 saturated carbocycles. The standard InChI is InChI=1S/C26H25N7O3/c1-16-5-6-19(11-17(16)2)32-25-22(13-29-32)26(28-15-27-25)33-23(12-18(3)31-33)30-24(34)14-36-21-9-7-20(35-4)8-10-21/h5-13,15H,14H2,1-4H3,(H,30,34). The third-order valence-corrected chi connectivity index (χ3v) is 5.81. The molecule has 2 aromatic carbocycles. The maximum atomic E-state index is 12.7. The van der Waals surface area contributed by atoms with E-state index in [1.54, 1.807) is 53.0 Å². The van der Waals surface area contributed by atoms with Crippen LogP contribution in [0, 0.1) is 20.8 Å². The lowest BCUT2D eigenvalue weighted by Crippen LogP contribution is -2.22. The number of anilines is 1. The van der Waals surface area contributed by atoms with Crippen molar-refractivity contribution in [3.63, 3.8) is 0 Å². The molecule has 36 heavy (non-hydrogen) atoms. The zero-order chi connectivity index (χ0) is 25.2. The largest absolute Gasteiger partial charge is 0.497 e. The van der Waals surface area contributed by atoms with Gasteiger partial charge in [0, 0.05) is 6.07 Å². The van der Waals surface area contributed by atoms with Crippen LogP contribution in [-0.2, 0) is 4.79 Å². The number of hydrogen-bond acceptors (Lipinski definition) is 7. The number of benzene rings is 2. The maximum absolute atomic E-state index is 12.7. The Morgan fingerprint density at radius 2 is 1.72 bits per heavy atom. The van der Waals surface area contributed by atoms with Gasteiger partial charge < -0.3 is 14.8 Å².